The zero-order valence-corrected chi connectivity index (χ0v) is 23.1. The summed E-state index contributed by atoms with van der Waals surface area (Å²) < 4.78 is 0. The first kappa shape index (κ1) is 28.3. The summed E-state index contributed by atoms with van der Waals surface area (Å²) in [4.78, 5) is 36.3. The molecule has 5 rings (SSSR count). The third-order valence-corrected chi connectivity index (χ3v) is 6.91. The molecule has 8 heteroatoms. The summed E-state index contributed by atoms with van der Waals surface area (Å²) >= 11 is 0. The summed E-state index contributed by atoms with van der Waals surface area (Å²) in [6, 6.07) is 25.6. The number of hydrogen-bond acceptors (Lipinski definition) is 8. The van der Waals surface area contributed by atoms with Crippen molar-refractivity contribution in [3.8, 4) is 11.5 Å². The summed E-state index contributed by atoms with van der Waals surface area (Å²) in [6.07, 6.45) is 5.05. The average molecular weight is 561 g/mol. The number of rotatable bonds is 12. The lowest BCUT2D eigenvalue weighted by molar-refractivity contribution is 0.0975. The number of fused-ring (bicyclic) bond motifs is 2. The number of carbonyl (C=O) groups is 2. The molecule has 4 aromatic carbocycles. The van der Waals surface area contributed by atoms with Crippen molar-refractivity contribution in [2.75, 3.05) is 36.8 Å². The van der Waals surface area contributed by atoms with E-state index >= 15 is 0 Å². The van der Waals surface area contributed by atoms with Crippen LogP contribution in [-0.2, 0) is 0 Å². The third kappa shape index (κ3) is 6.39. The topological polar surface area (TPSA) is 123 Å². The van der Waals surface area contributed by atoms with Gasteiger partial charge >= 0.3 is 0 Å². The van der Waals surface area contributed by atoms with E-state index in [4.69, 9.17) is 0 Å². The van der Waals surface area contributed by atoms with E-state index in [1.165, 1.54) is 12.1 Å². The first-order valence-electron chi connectivity index (χ1n) is 13.9. The van der Waals surface area contributed by atoms with E-state index in [9.17, 15) is 19.8 Å². The summed E-state index contributed by atoms with van der Waals surface area (Å²) in [5.74, 6) is -1.73. The molecule has 0 saturated carbocycles. The molecule has 0 atom stereocenters. The lowest BCUT2D eigenvalue weighted by atomic mass is 9.81. The minimum atomic E-state index is -0.520. The van der Waals surface area contributed by atoms with Crippen LogP contribution in [0.25, 0.3) is 0 Å². The second-order valence-electron chi connectivity index (χ2n) is 9.88. The maximum absolute atomic E-state index is 13.7. The van der Waals surface area contributed by atoms with Gasteiger partial charge in [0.05, 0.1) is 22.3 Å². The molecule has 0 spiro atoms. The molecule has 0 heterocycles. The molecule has 0 radical (unpaired) electrons. The van der Waals surface area contributed by atoms with Gasteiger partial charge in [-0.25, -0.2) is 0 Å². The molecule has 8 nitrogen and oxygen atoms in total. The number of anilines is 2. The number of benzene rings is 4. The molecule has 0 aromatic heterocycles. The van der Waals surface area contributed by atoms with Crippen LogP contribution in [0.5, 0.6) is 11.5 Å². The second-order valence-corrected chi connectivity index (χ2v) is 9.88. The van der Waals surface area contributed by atoms with E-state index in [1.54, 1.807) is 12.1 Å². The van der Waals surface area contributed by atoms with Gasteiger partial charge in [0.15, 0.2) is 0 Å². The van der Waals surface area contributed by atoms with Crippen LogP contribution in [-0.4, -0.2) is 60.4 Å². The molecule has 42 heavy (non-hydrogen) atoms. The Morgan fingerprint density at radius 1 is 0.548 bits per heavy atom. The van der Waals surface area contributed by atoms with Crippen molar-refractivity contribution in [1.82, 2.24) is 0 Å². The minimum Gasteiger partial charge on any atom is -0.507 e. The molecular formula is C34H32N4O4. The second kappa shape index (κ2) is 13.4. The number of carbonyl (C=O) groups excluding carboxylic acids is 2. The minimum absolute atomic E-state index is 0.174. The third-order valence-electron chi connectivity index (χ3n) is 6.91. The van der Waals surface area contributed by atoms with Gasteiger partial charge in [0.1, 0.15) is 11.5 Å². The standard InChI is InChI=1S/C34H32N4O4/c39-27-15-16-28(40)32-31(27)33(41)29-25(37-19-7-17-35-21-23-9-3-1-4-10-23)13-14-26(30(29)34(32)42)38-20-8-18-36-22-24-11-5-2-6-12-24/h1-6,9-16,21-22,37-40H,7-8,17-20H2. The number of nitrogens with zero attached hydrogens (tertiary/aromatic N) is 2. The summed E-state index contributed by atoms with van der Waals surface area (Å²) in [5.41, 5.74) is 3.00. The highest BCUT2D eigenvalue weighted by Crippen LogP contribution is 2.42. The first-order valence-corrected chi connectivity index (χ1v) is 13.9. The van der Waals surface area contributed by atoms with Crippen LogP contribution >= 0.6 is 0 Å². The number of hydrogen-bond donors (Lipinski definition) is 4. The van der Waals surface area contributed by atoms with Crippen LogP contribution in [0, 0.1) is 0 Å². The highest BCUT2D eigenvalue weighted by molar-refractivity contribution is 6.33. The number of aromatic hydroxyl groups is 2. The van der Waals surface area contributed by atoms with E-state index in [1.807, 2.05) is 73.1 Å². The smallest absolute Gasteiger partial charge is 0.200 e. The first-order chi connectivity index (χ1) is 20.5. The fraction of sp³-hybridized carbons (Fsp3) is 0.176. The van der Waals surface area contributed by atoms with Crippen molar-refractivity contribution in [3.63, 3.8) is 0 Å². The molecule has 0 bridgehead atoms. The molecule has 0 unspecified atom stereocenters. The quantitative estimate of drug-likeness (QED) is 0.0880. The van der Waals surface area contributed by atoms with Gasteiger partial charge in [0, 0.05) is 50.0 Å². The molecule has 0 saturated heterocycles. The van der Waals surface area contributed by atoms with Gasteiger partial charge in [-0.15, -0.1) is 0 Å². The Labute approximate surface area is 244 Å². The van der Waals surface area contributed by atoms with Crippen molar-refractivity contribution in [2.45, 2.75) is 12.8 Å². The van der Waals surface area contributed by atoms with Crippen molar-refractivity contribution >= 4 is 35.4 Å². The van der Waals surface area contributed by atoms with Gasteiger partial charge < -0.3 is 20.8 Å². The Hall–Kier alpha value is -5.24. The number of aliphatic imine (C=N–C) groups is 2. The SMILES string of the molecule is O=C1c2c(O)ccc(O)c2C(=O)c2c(NCCCN=Cc3ccccc3)ccc(NCCCN=Cc3ccccc3)c21. The normalized spacial score (nSPS) is 12.5. The van der Waals surface area contributed by atoms with E-state index < -0.39 is 11.6 Å². The number of phenols is 2. The largest absolute Gasteiger partial charge is 0.507 e. The Morgan fingerprint density at radius 2 is 0.952 bits per heavy atom. The molecule has 212 valence electrons. The Bertz CT molecular complexity index is 1510. The monoisotopic (exact) mass is 560 g/mol. The van der Waals surface area contributed by atoms with Gasteiger partial charge in [0.25, 0.3) is 0 Å². The van der Waals surface area contributed by atoms with Crippen LogP contribution in [0.4, 0.5) is 11.4 Å². The van der Waals surface area contributed by atoms with Crippen LogP contribution in [0.15, 0.2) is 94.9 Å². The maximum Gasteiger partial charge on any atom is 0.200 e. The lowest BCUT2D eigenvalue weighted by Gasteiger charge is -2.24. The number of phenolic OH excluding ortho intramolecular Hbond substituents is 2. The molecule has 4 N–H and O–H groups in total. The molecule has 4 aromatic rings. The van der Waals surface area contributed by atoms with E-state index in [2.05, 4.69) is 20.6 Å². The maximum atomic E-state index is 13.7. The van der Waals surface area contributed by atoms with Crippen LogP contribution in [0.3, 0.4) is 0 Å². The fourth-order valence-electron chi connectivity index (χ4n) is 4.86. The van der Waals surface area contributed by atoms with Crippen molar-refractivity contribution in [2.24, 2.45) is 9.98 Å². The summed E-state index contributed by atoms with van der Waals surface area (Å²) in [7, 11) is 0. The van der Waals surface area contributed by atoms with E-state index in [0.717, 1.165) is 11.1 Å². The van der Waals surface area contributed by atoms with Gasteiger partial charge in [-0.1, -0.05) is 60.7 Å². The summed E-state index contributed by atoms with van der Waals surface area (Å²) in [6.45, 7) is 2.21. The zero-order chi connectivity index (χ0) is 29.3. The van der Waals surface area contributed by atoms with Crippen LogP contribution in [0.1, 0.15) is 55.8 Å². The average Bonchev–Trinajstić information content (AvgIpc) is 3.01. The highest BCUT2D eigenvalue weighted by Gasteiger charge is 2.37. The Balaban J connectivity index is 1.31. The highest BCUT2D eigenvalue weighted by atomic mass is 16.3. The van der Waals surface area contributed by atoms with Crippen molar-refractivity contribution in [1.29, 1.82) is 0 Å². The molecule has 0 aliphatic heterocycles. The molecular weight excluding hydrogens is 528 g/mol. The zero-order valence-electron chi connectivity index (χ0n) is 23.1. The number of ketones is 2. The lowest BCUT2D eigenvalue weighted by Crippen LogP contribution is -2.25. The Morgan fingerprint density at radius 3 is 1.36 bits per heavy atom. The molecule has 0 fully saturated rings. The van der Waals surface area contributed by atoms with Gasteiger partial charge in [-0.05, 0) is 48.2 Å². The van der Waals surface area contributed by atoms with E-state index in [0.29, 0.717) is 50.4 Å². The van der Waals surface area contributed by atoms with Crippen LogP contribution in [0.2, 0.25) is 0 Å². The van der Waals surface area contributed by atoms with Gasteiger partial charge in [0.2, 0.25) is 11.6 Å². The van der Waals surface area contributed by atoms with Crippen molar-refractivity contribution in [3.05, 3.63) is 118 Å². The fourth-order valence-corrected chi connectivity index (χ4v) is 4.86. The van der Waals surface area contributed by atoms with Gasteiger partial charge in [-0.2, -0.15) is 0 Å². The molecule has 1 aliphatic rings. The number of nitrogens with one attached hydrogen (secondary N) is 2. The van der Waals surface area contributed by atoms with E-state index in [-0.39, 0.29) is 33.8 Å². The predicted octanol–water partition coefficient (Wildman–Crippen LogP) is 5.72. The Kier molecular flexibility index (Phi) is 9.03. The van der Waals surface area contributed by atoms with Gasteiger partial charge in [-0.3, -0.25) is 19.6 Å². The molecule has 1 aliphatic carbocycles. The molecule has 0 amide bonds. The van der Waals surface area contributed by atoms with Crippen molar-refractivity contribution < 1.29 is 19.8 Å². The van der Waals surface area contributed by atoms with Crippen LogP contribution < -0.4 is 10.6 Å². The predicted molar refractivity (Wildman–Crippen MR) is 167 cm³/mol. The summed E-state index contributed by atoms with van der Waals surface area (Å²) in [5, 5.41) is 27.5.